The predicted molar refractivity (Wildman–Crippen MR) is 36.8 cm³/mol. The molecule has 3 atom stereocenters. The van der Waals surface area contributed by atoms with E-state index in [4.69, 9.17) is 0 Å². The summed E-state index contributed by atoms with van der Waals surface area (Å²) < 4.78 is 10.5. The Bertz CT molecular complexity index is 135. The molecule has 0 N–H and O–H groups in total. The maximum absolute atomic E-state index is 10.5. The topological polar surface area (TPSA) is 17.1 Å². The van der Waals surface area contributed by atoms with Crippen LogP contribution in [0, 0.1) is 11.8 Å². The van der Waals surface area contributed by atoms with E-state index < -0.39 is 0 Å². The van der Waals surface area contributed by atoms with Gasteiger partial charge in [0.1, 0.15) is 0 Å². The molecular formula is C7H11OP. The lowest BCUT2D eigenvalue weighted by atomic mass is 10.0. The average molecular weight is 142 g/mol. The van der Waals surface area contributed by atoms with E-state index in [1.54, 1.807) is 0 Å². The molecule has 0 amide bonds. The van der Waals surface area contributed by atoms with Gasteiger partial charge in [-0.1, -0.05) is 6.42 Å². The van der Waals surface area contributed by atoms with Crippen LogP contribution >= 0.6 is 8.46 Å². The second kappa shape index (κ2) is 2.05. The van der Waals surface area contributed by atoms with Gasteiger partial charge < -0.3 is 0 Å². The third-order valence-corrected chi connectivity index (χ3v) is 3.74. The zero-order valence-corrected chi connectivity index (χ0v) is 6.31. The summed E-state index contributed by atoms with van der Waals surface area (Å²) in [4.78, 5) is 0. The van der Waals surface area contributed by atoms with Crippen molar-refractivity contribution in [2.75, 3.05) is 0 Å². The lowest BCUT2D eigenvalue weighted by molar-refractivity contribution is 0.477. The van der Waals surface area contributed by atoms with Gasteiger partial charge in [-0.05, 0) is 31.1 Å². The minimum atomic E-state index is 0.412. The van der Waals surface area contributed by atoms with Crippen molar-refractivity contribution in [1.29, 1.82) is 0 Å². The molecular weight excluding hydrogens is 131 g/mol. The molecule has 0 aliphatic heterocycles. The number of fused-ring (bicyclic) bond motifs is 2. The second-order valence-electron chi connectivity index (χ2n) is 3.35. The van der Waals surface area contributed by atoms with E-state index in [1.807, 2.05) is 0 Å². The largest absolute Gasteiger partial charge is 0.275 e. The van der Waals surface area contributed by atoms with E-state index in [-0.39, 0.29) is 0 Å². The van der Waals surface area contributed by atoms with Crippen LogP contribution in [0.25, 0.3) is 0 Å². The summed E-state index contributed by atoms with van der Waals surface area (Å²) in [5.74, 6) is 1.77. The molecule has 0 aromatic rings. The first-order valence-corrected chi connectivity index (χ1v) is 4.61. The van der Waals surface area contributed by atoms with E-state index in [0.717, 1.165) is 11.8 Å². The van der Waals surface area contributed by atoms with Gasteiger partial charge in [-0.15, -0.1) is 0 Å². The molecule has 3 unspecified atom stereocenters. The van der Waals surface area contributed by atoms with Gasteiger partial charge >= 0.3 is 0 Å². The average Bonchev–Trinajstić information content (AvgIpc) is 2.45. The molecule has 0 saturated heterocycles. The molecule has 0 aromatic heterocycles. The van der Waals surface area contributed by atoms with Gasteiger partial charge in [-0.2, -0.15) is 0 Å². The van der Waals surface area contributed by atoms with E-state index in [0.29, 0.717) is 14.1 Å². The van der Waals surface area contributed by atoms with Crippen molar-refractivity contribution in [3.63, 3.8) is 0 Å². The van der Waals surface area contributed by atoms with Crippen LogP contribution in [-0.4, -0.2) is 5.66 Å². The Morgan fingerprint density at radius 1 is 1.22 bits per heavy atom. The van der Waals surface area contributed by atoms with Crippen molar-refractivity contribution in [2.45, 2.75) is 31.3 Å². The van der Waals surface area contributed by atoms with Gasteiger partial charge in [0.25, 0.3) is 0 Å². The predicted octanol–water partition coefficient (Wildman–Crippen LogP) is 2.47. The van der Waals surface area contributed by atoms with Crippen molar-refractivity contribution in [1.82, 2.24) is 0 Å². The van der Waals surface area contributed by atoms with Gasteiger partial charge in [0.15, 0.2) is 8.46 Å². The lowest BCUT2D eigenvalue weighted by Crippen LogP contribution is -2.08. The molecule has 2 fully saturated rings. The Labute approximate surface area is 57.0 Å². The fourth-order valence-corrected chi connectivity index (χ4v) is 3.17. The summed E-state index contributed by atoms with van der Waals surface area (Å²) in [6.45, 7) is 0. The highest BCUT2D eigenvalue weighted by atomic mass is 31.1. The van der Waals surface area contributed by atoms with Gasteiger partial charge in [-0.3, -0.25) is 4.57 Å². The summed E-state index contributed by atoms with van der Waals surface area (Å²) in [6.07, 6.45) is 5.39. The highest BCUT2D eigenvalue weighted by Gasteiger charge is 2.39. The maximum atomic E-state index is 10.5. The van der Waals surface area contributed by atoms with E-state index in [2.05, 4.69) is 0 Å². The van der Waals surface area contributed by atoms with Crippen molar-refractivity contribution < 1.29 is 4.57 Å². The molecule has 0 spiro atoms. The van der Waals surface area contributed by atoms with Crippen LogP contribution in [0.3, 0.4) is 0 Å². The van der Waals surface area contributed by atoms with Crippen LogP contribution in [0.1, 0.15) is 25.7 Å². The van der Waals surface area contributed by atoms with Gasteiger partial charge in [0.05, 0.1) is 0 Å². The number of rotatable bonds is 1. The van der Waals surface area contributed by atoms with Crippen LogP contribution < -0.4 is 0 Å². The third kappa shape index (κ3) is 0.826. The van der Waals surface area contributed by atoms with Crippen LogP contribution in [0.15, 0.2) is 0 Å². The SMILES string of the molecule is O=PC1CC2CCC1C2. The molecule has 2 aliphatic rings. The molecule has 2 heteroatoms. The Balaban J connectivity index is 2.09. The summed E-state index contributed by atoms with van der Waals surface area (Å²) >= 11 is 0. The number of hydrogen-bond acceptors (Lipinski definition) is 1. The van der Waals surface area contributed by atoms with E-state index >= 15 is 0 Å². The summed E-state index contributed by atoms with van der Waals surface area (Å²) in [7, 11) is 0.412. The summed E-state index contributed by atoms with van der Waals surface area (Å²) in [5.41, 5.74) is 0.545. The monoisotopic (exact) mass is 142 g/mol. The van der Waals surface area contributed by atoms with Crippen LogP contribution in [-0.2, 0) is 4.57 Å². The first-order chi connectivity index (χ1) is 4.40. The quantitative estimate of drug-likeness (QED) is 0.514. The fourth-order valence-electron chi connectivity index (χ4n) is 2.34. The molecule has 50 valence electrons. The van der Waals surface area contributed by atoms with Crippen LogP contribution in [0.5, 0.6) is 0 Å². The molecule has 2 saturated carbocycles. The standard InChI is InChI=1S/C7H11OP/c8-9-7-4-5-1-2-6(7)3-5/h5-7H,1-4H2. The summed E-state index contributed by atoms with van der Waals surface area (Å²) in [5, 5.41) is 0. The Morgan fingerprint density at radius 2 is 2.11 bits per heavy atom. The molecule has 1 nitrogen and oxygen atoms in total. The Kier molecular flexibility index (Phi) is 1.34. The van der Waals surface area contributed by atoms with Crippen LogP contribution in [0.2, 0.25) is 0 Å². The van der Waals surface area contributed by atoms with Gasteiger partial charge in [0.2, 0.25) is 0 Å². The van der Waals surface area contributed by atoms with E-state index in [9.17, 15) is 4.57 Å². The molecule has 2 bridgehead atoms. The lowest BCUT2D eigenvalue weighted by Gasteiger charge is -2.13. The minimum Gasteiger partial charge on any atom is -0.275 e. The minimum absolute atomic E-state index is 0.412. The molecule has 0 heterocycles. The fraction of sp³-hybridized carbons (Fsp3) is 1.00. The second-order valence-corrected chi connectivity index (χ2v) is 4.22. The molecule has 2 rings (SSSR count). The van der Waals surface area contributed by atoms with Gasteiger partial charge in [-0.25, -0.2) is 0 Å². The van der Waals surface area contributed by atoms with Crippen molar-refractivity contribution in [3.8, 4) is 0 Å². The first-order valence-electron chi connectivity index (χ1n) is 3.72. The highest BCUT2D eigenvalue weighted by Crippen LogP contribution is 2.48. The molecule has 0 aromatic carbocycles. The zero-order valence-electron chi connectivity index (χ0n) is 5.42. The molecule has 0 radical (unpaired) electrons. The normalized spacial score (nSPS) is 48.7. The molecule has 2 aliphatic carbocycles. The highest BCUT2D eigenvalue weighted by molar-refractivity contribution is 7.24. The van der Waals surface area contributed by atoms with Gasteiger partial charge in [0, 0.05) is 5.66 Å². The van der Waals surface area contributed by atoms with E-state index in [1.165, 1.54) is 25.7 Å². The zero-order chi connectivity index (χ0) is 6.27. The van der Waals surface area contributed by atoms with Crippen LogP contribution in [0.4, 0.5) is 0 Å². The van der Waals surface area contributed by atoms with Crippen molar-refractivity contribution in [2.24, 2.45) is 11.8 Å². The third-order valence-electron chi connectivity index (χ3n) is 2.84. The van der Waals surface area contributed by atoms with Crippen molar-refractivity contribution >= 4 is 8.46 Å². The maximum Gasteiger partial charge on any atom is 0.158 e. The van der Waals surface area contributed by atoms with Crippen molar-refractivity contribution in [3.05, 3.63) is 0 Å². The Morgan fingerprint density at radius 3 is 2.44 bits per heavy atom. The Hall–Kier alpha value is 0.100. The smallest absolute Gasteiger partial charge is 0.158 e. The number of hydrogen-bond donors (Lipinski definition) is 0. The molecule has 9 heavy (non-hydrogen) atoms. The first kappa shape index (κ1) is 5.85. The summed E-state index contributed by atoms with van der Waals surface area (Å²) in [6, 6.07) is 0.